The van der Waals surface area contributed by atoms with Crippen LogP contribution in [0.25, 0.3) is 10.8 Å². The van der Waals surface area contributed by atoms with Crippen molar-refractivity contribution >= 4 is 45.0 Å². The molecule has 20 heavy (non-hydrogen) atoms. The lowest BCUT2D eigenvalue weighted by atomic mass is 9.96. The van der Waals surface area contributed by atoms with Gasteiger partial charge in [0.05, 0.1) is 6.04 Å². The van der Waals surface area contributed by atoms with Gasteiger partial charge in [0.15, 0.2) is 0 Å². The third-order valence-corrected chi connectivity index (χ3v) is 4.54. The number of nitrogens with two attached hydrogens (primary N) is 1. The number of nitrogens with zero attached hydrogens (tertiary/aromatic N) is 1. The molecule has 3 aromatic rings. The Hall–Kier alpha value is -1.17. The fourth-order valence-electron chi connectivity index (χ4n) is 2.31. The van der Waals surface area contributed by atoms with Crippen LogP contribution in [-0.2, 0) is 0 Å². The van der Waals surface area contributed by atoms with Crippen LogP contribution < -0.4 is 5.73 Å². The first-order valence-electron chi connectivity index (χ1n) is 6.20. The Balaban J connectivity index is 2.17. The number of pyridine rings is 1. The average Bonchev–Trinajstić information content (AvgIpc) is 2.48. The van der Waals surface area contributed by atoms with E-state index in [1.807, 2.05) is 48.8 Å². The summed E-state index contributed by atoms with van der Waals surface area (Å²) in [6.45, 7) is 0. The molecule has 0 saturated heterocycles. The van der Waals surface area contributed by atoms with Crippen LogP contribution in [0.4, 0.5) is 0 Å². The molecule has 4 heteroatoms. The van der Waals surface area contributed by atoms with Gasteiger partial charge in [-0.15, -0.1) is 0 Å². The van der Waals surface area contributed by atoms with Gasteiger partial charge in [-0.05, 0) is 57.3 Å². The van der Waals surface area contributed by atoms with Crippen LogP contribution in [0.3, 0.4) is 0 Å². The molecule has 100 valence electrons. The summed E-state index contributed by atoms with van der Waals surface area (Å²) in [6, 6.07) is 13.7. The number of hydrogen-bond acceptors (Lipinski definition) is 2. The Morgan fingerprint density at radius 2 is 1.85 bits per heavy atom. The Labute approximate surface area is 136 Å². The van der Waals surface area contributed by atoms with E-state index in [0.717, 1.165) is 25.5 Å². The van der Waals surface area contributed by atoms with Gasteiger partial charge in [0.1, 0.15) is 0 Å². The van der Waals surface area contributed by atoms with Gasteiger partial charge in [-0.1, -0.05) is 35.9 Å². The molecule has 0 spiro atoms. The summed E-state index contributed by atoms with van der Waals surface area (Å²) in [6.07, 6.45) is 3.69. The van der Waals surface area contributed by atoms with E-state index in [1.165, 1.54) is 0 Å². The summed E-state index contributed by atoms with van der Waals surface area (Å²) in [5.74, 6) is 0. The number of aromatic nitrogens is 1. The van der Waals surface area contributed by atoms with Gasteiger partial charge in [0.25, 0.3) is 0 Å². The van der Waals surface area contributed by atoms with E-state index in [2.05, 4.69) is 33.6 Å². The van der Waals surface area contributed by atoms with Crippen molar-refractivity contribution in [3.63, 3.8) is 0 Å². The van der Waals surface area contributed by atoms with Crippen molar-refractivity contribution in [1.29, 1.82) is 0 Å². The van der Waals surface area contributed by atoms with Crippen molar-refractivity contribution in [3.8, 4) is 0 Å². The normalized spacial score (nSPS) is 12.6. The second-order valence-corrected chi connectivity index (χ2v) is 6.19. The molecule has 2 N–H and O–H groups in total. The van der Waals surface area contributed by atoms with Crippen LogP contribution in [0, 0.1) is 3.57 Å². The van der Waals surface area contributed by atoms with Crippen LogP contribution in [0.2, 0.25) is 5.02 Å². The van der Waals surface area contributed by atoms with Crippen molar-refractivity contribution in [3.05, 3.63) is 74.6 Å². The highest BCUT2D eigenvalue weighted by Gasteiger charge is 2.15. The fraction of sp³-hybridized carbons (Fsp3) is 0.0625. The molecule has 0 aliphatic heterocycles. The molecule has 2 nitrogen and oxygen atoms in total. The lowest BCUT2D eigenvalue weighted by molar-refractivity contribution is 0.867. The molecule has 0 saturated carbocycles. The van der Waals surface area contributed by atoms with E-state index < -0.39 is 0 Å². The molecule has 0 radical (unpaired) electrons. The largest absolute Gasteiger partial charge is 0.320 e. The van der Waals surface area contributed by atoms with E-state index in [-0.39, 0.29) is 6.04 Å². The van der Waals surface area contributed by atoms with E-state index in [4.69, 9.17) is 17.3 Å². The Morgan fingerprint density at radius 3 is 2.70 bits per heavy atom. The minimum Gasteiger partial charge on any atom is -0.320 e. The highest BCUT2D eigenvalue weighted by Crippen LogP contribution is 2.30. The van der Waals surface area contributed by atoms with Crippen LogP contribution in [-0.4, -0.2) is 4.98 Å². The molecule has 1 aromatic heterocycles. The molecule has 3 rings (SSSR count). The van der Waals surface area contributed by atoms with Crippen LogP contribution >= 0.6 is 34.2 Å². The SMILES string of the molecule is NC(c1cc(Cl)ccc1I)c1cncc2ccccc12. The maximum Gasteiger partial charge on any atom is 0.0584 e. The molecule has 0 amide bonds. The summed E-state index contributed by atoms with van der Waals surface area (Å²) in [5.41, 5.74) is 8.49. The molecule has 0 bridgehead atoms. The maximum absolute atomic E-state index is 6.45. The Kier molecular flexibility index (Phi) is 3.92. The molecule has 1 heterocycles. The zero-order chi connectivity index (χ0) is 14.1. The molecule has 1 unspecified atom stereocenters. The minimum absolute atomic E-state index is 0.237. The second kappa shape index (κ2) is 5.68. The molecular formula is C16H12ClIN2. The first-order chi connectivity index (χ1) is 9.66. The first kappa shape index (κ1) is 13.8. The summed E-state index contributed by atoms with van der Waals surface area (Å²) in [5, 5.41) is 2.92. The van der Waals surface area contributed by atoms with E-state index in [0.29, 0.717) is 5.02 Å². The lowest BCUT2D eigenvalue weighted by Gasteiger charge is -2.16. The third kappa shape index (κ3) is 2.53. The molecule has 0 aliphatic rings. The Morgan fingerprint density at radius 1 is 1.05 bits per heavy atom. The molecule has 1 atom stereocenters. The number of rotatable bonds is 2. The highest BCUT2D eigenvalue weighted by atomic mass is 127. The number of benzene rings is 2. The fourth-order valence-corrected chi connectivity index (χ4v) is 3.16. The molecule has 2 aromatic carbocycles. The first-order valence-corrected chi connectivity index (χ1v) is 7.65. The van der Waals surface area contributed by atoms with Crippen LogP contribution in [0.5, 0.6) is 0 Å². The lowest BCUT2D eigenvalue weighted by Crippen LogP contribution is -2.14. The summed E-state index contributed by atoms with van der Waals surface area (Å²) in [4.78, 5) is 4.30. The number of halogens is 2. The van der Waals surface area contributed by atoms with Crippen LogP contribution in [0.1, 0.15) is 17.2 Å². The topological polar surface area (TPSA) is 38.9 Å². The predicted molar refractivity (Wildman–Crippen MR) is 91.9 cm³/mol. The van der Waals surface area contributed by atoms with Crippen molar-refractivity contribution in [1.82, 2.24) is 4.98 Å². The number of hydrogen-bond donors (Lipinski definition) is 1. The van der Waals surface area contributed by atoms with Crippen molar-refractivity contribution in [2.24, 2.45) is 5.73 Å². The van der Waals surface area contributed by atoms with Gasteiger partial charge in [0, 0.05) is 26.4 Å². The average molecular weight is 395 g/mol. The van der Waals surface area contributed by atoms with E-state index in [9.17, 15) is 0 Å². The Bertz CT molecular complexity index is 768. The quantitative estimate of drug-likeness (QED) is 0.648. The smallest absolute Gasteiger partial charge is 0.0584 e. The zero-order valence-electron chi connectivity index (χ0n) is 10.6. The van der Waals surface area contributed by atoms with Crippen LogP contribution in [0.15, 0.2) is 54.9 Å². The highest BCUT2D eigenvalue weighted by molar-refractivity contribution is 14.1. The number of fused-ring (bicyclic) bond motifs is 1. The zero-order valence-corrected chi connectivity index (χ0v) is 13.5. The third-order valence-electron chi connectivity index (χ3n) is 3.33. The van der Waals surface area contributed by atoms with Gasteiger partial charge in [-0.25, -0.2) is 0 Å². The maximum atomic E-state index is 6.45. The minimum atomic E-state index is -0.237. The standard InChI is InChI=1S/C16H12ClIN2/c17-11-5-6-15(18)13(7-11)16(19)14-9-20-8-10-3-1-2-4-12(10)14/h1-9,16H,19H2. The van der Waals surface area contributed by atoms with Crippen molar-refractivity contribution < 1.29 is 0 Å². The van der Waals surface area contributed by atoms with E-state index >= 15 is 0 Å². The molecular weight excluding hydrogens is 383 g/mol. The van der Waals surface area contributed by atoms with Crippen molar-refractivity contribution in [2.45, 2.75) is 6.04 Å². The van der Waals surface area contributed by atoms with Crippen molar-refractivity contribution in [2.75, 3.05) is 0 Å². The monoisotopic (exact) mass is 394 g/mol. The second-order valence-electron chi connectivity index (χ2n) is 4.59. The van der Waals surface area contributed by atoms with Gasteiger partial charge >= 0.3 is 0 Å². The predicted octanol–water partition coefficient (Wildman–Crippen LogP) is 4.54. The summed E-state index contributed by atoms with van der Waals surface area (Å²) >= 11 is 8.38. The van der Waals surface area contributed by atoms with Gasteiger partial charge in [-0.2, -0.15) is 0 Å². The summed E-state index contributed by atoms with van der Waals surface area (Å²) in [7, 11) is 0. The van der Waals surface area contributed by atoms with Gasteiger partial charge in [0.2, 0.25) is 0 Å². The molecule has 0 aliphatic carbocycles. The molecule has 0 fully saturated rings. The van der Waals surface area contributed by atoms with Gasteiger partial charge in [-0.3, -0.25) is 4.98 Å². The summed E-state index contributed by atoms with van der Waals surface area (Å²) < 4.78 is 1.10. The van der Waals surface area contributed by atoms with E-state index in [1.54, 1.807) is 0 Å². The van der Waals surface area contributed by atoms with Gasteiger partial charge < -0.3 is 5.73 Å².